The molecule has 0 fully saturated rings. The number of fused-ring (bicyclic) bond motifs is 1. The summed E-state index contributed by atoms with van der Waals surface area (Å²) in [6.45, 7) is 5.21. The minimum absolute atomic E-state index is 0.106. The molecule has 1 aromatic heterocycles. The van der Waals surface area contributed by atoms with Gasteiger partial charge in [0.2, 0.25) is 5.95 Å². The highest BCUT2D eigenvalue weighted by molar-refractivity contribution is 5.79. The molecule has 122 valence electrons. The third-order valence-electron chi connectivity index (χ3n) is 3.39. The summed E-state index contributed by atoms with van der Waals surface area (Å²) in [7, 11) is 1.77. The molecule has 0 aliphatic rings. The van der Waals surface area contributed by atoms with Crippen LogP contribution in [0.2, 0.25) is 0 Å². The number of benzene rings is 1. The van der Waals surface area contributed by atoms with Gasteiger partial charge < -0.3 is 16.0 Å². The van der Waals surface area contributed by atoms with Crippen LogP contribution >= 0.6 is 0 Å². The van der Waals surface area contributed by atoms with Gasteiger partial charge in [-0.2, -0.15) is 0 Å². The molecule has 3 N–H and O–H groups in total. The van der Waals surface area contributed by atoms with Crippen molar-refractivity contribution in [1.29, 1.82) is 5.41 Å². The van der Waals surface area contributed by atoms with Gasteiger partial charge in [0.25, 0.3) is 5.56 Å². The van der Waals surface area contributed by atoms with Crippen LogP contribution in [0, 0.1) is 11.3 Å². The molecule has 2 rings (SSSR count). The lowest BCUT2D eigenvalue weighted by Crippen LogP contribution is -2.27. The van der Waals surface area contributed by atoms with Gasteiger partial charge in [0.05, 0.1) is 17.4 Å². The number of hydrogen-bond acceptors (Lipinski definition) is 5. The van der Waals surface area contributed by atoms with Crippen molar-refractivity contribution in [2.24, 2.45) is 5.92 Å². The highest BCUT2D eigenvalue weighted by atomic mass is 16.1. The van der Waals surface area contributed by atoms with Crippen LogP contribution in [-0.4, -0.2) is 29.4 Å². The molecule has 1 heterocycles. The Morgan fingerprint density at radius 2 is 2.13 bits per heavy atom. The lowest BCUT2D eigenvalue weighted by atomic mass is 10.2. The predicted molar refractivity (Wildman–Crippen MR) is 95.3 cm³/mol. The lowest BCUT2D eigenvalue weighted by molar-refractivity contribution is 0.669. The van der Waals surface area contributed by atoms with Crippen molar-refractivity contribution in [3.8, 4) is 0 Å². The Morgan fingerprint density at radius 1 is 1.39 bits per heavy atom. The topological polar surface area (TPSA) is 82.8 Å². The highest BCUT2D eigenvalue weighted by Crippen LogP contribution is 2.12. The minimum atomic E-state index is -0.106. The van der Waals surface area contributed by atoms with E-state index in [1.54, 1.807) is 23.9 Å². The van der Waals surface area contributed by atoms with E-state index in [0.29, 0.717) is 34.9 Å². The van der Waals surface area contributed by atoms with Gasteiger partial charge in [-0.3, -0.25) is 9.36 Å². The molecule has 0 radical (unpaired) electrons. The zero-order valence-corrected chi connectivity index (χ0v) is 13.8. The second kappa shape index (κ2) is 7.58. The number of anilines is 1. The molecule has 0 unspecified atom stereocenters. The number of rotatable bonds is 7. The fourth-order valence-electron chi connectivity index (χ4n) is 2.25. The van der Waals surface area contributed by atoms with Gasteiger partial charge >= 0.3 is 0 Å². The second-order valence-electron chi connectivity index (χ2n) is 5.77. The summed E-state index contributed by atoms with van der Waals surface area (Å²) in [6.07, 6.45) is 2.95. The molecule has 1 aromatic carbocycles. The number of allylic oxidation sites excluding steroid dienone is 1. The predicted octanol–water partition coefficient (Wildman–Crippen LogP) is 2.22. The summed E-state index contributed by atoms with van der Waals surface area (Å²) in [4.78, 5) is 17.4. The van der Waals surface area contributed by atoms with Gasteiger partial charge in [0.1, 0.15) is 0 Å². The quantitative estimate of drug-likeness (QED) is 0.685. The molecule has 0 aliphatic carbocycles. The molecule has 0 aliphatic heterocycles. The van der Waals surface area contributed by atoms with Gasteiger partial charge in [0, 0.05) is 31.6 Å². The maximum absolute atomic E-state index is 12.8. The largest absolute Gasteiger partial charge is 0.394 e. The molecular weight excluding hydrogens is 290 g/mol. The number of nitrogens with zero attached hydrogens (tertiary/aromatic N) is 2. The number of para-hydroxylation sites is 1. The second-order valence-corrected chi connectivity index (χ2v) is 5.77. The number of hydrogen-bond donors (Lipinski definition) is 3. The molecule has 23 heavy (non-hydrogen) atoms. The number of nitrogens with one attached hydrogen (secondary N) is 3. The van der Waals surface area contributed by atoms with Crippen molar-refractivity contribution in [2.75, 3.05) is 18.9 Å². The highest BCUT2D eigenvalue weighted by Gasteiger charge is 2.12. The first-order valence-corrected chi connectivity index (χ1v) is 7.67. The van der Waals surface area contributed by atoms with Crippen LogP contribution < -0.4 is 16.2 Å². The van der Waals surface area contributed by atoms with Crippen LogP contribution in [0.1, 0.15) is 13.8 Å². The fraction of sp³-hybridized carbons (Fsp3) is 0.353. The van der Waals surface area contributed by atoms with E-state index in [4.69, 9.17) is 5.41 Å². The Morgan fingerprint density at radius 3 is 2.78 bits per heavy atom. The zero-order valence-electron chi connectivity index (χ0n) is 13.8. The van der Waals surface area contributed by atoms with Crippen molar-refractivity contribution < 1.29 is 0 Å². The summed E-state index contributed by atoms with van der Waals surface area (Å²) < 4.78 is 1.58. The lowest BCUT2D eigenvalue weighted by Gasteiger charge is -2.16. The average molecular weight is 313 g/mol. The molecule has 2 aromatic rings. The Kier molecular flexibility index (Phi) is 5.51. The standard InChI is InChI=1S/C17H23N5O/c1-12(2)9-20-17-21-15-7-5-4-6-14(15)16(23)22(17)11-13(8-18)10-19-3/h4-8,10,12,18-19H,9,11H2,1-3H3,(H,20,21)/b13-10+,18-8?. The van der Waals surface area contributed by atoms with Crippen molar-refractivity contribution in [3.05, 3.63) is 46.4 Å². The van der Waals surface area contributed by atoms with E-state index in [9.17, 15) is 4.79 Å². The smallest absolute Gasteiger partial charge is 0.263 e. The molecule has 0 atom stereocenters. The number of aromatic nitrogens is 2. The van der Waals surface area contributed by atoms with E-state index < -0.39 is 0 Å². The normalized spacial score (nSPS) is 11.7. The summed E-state index contributed by atoms with van der Waals surface area (Å²) in [5, 5.41) is 14.2. The van der Waals surface area contributed by atoms with Gasteiger partial charge in [-0.25, -0.2) is 4.98 Å². The Bertz CT molecular complexity index is 776. The summed E-state index contributed by atoms with van der Waals surface area (Å²) >= 11 is 0. The molecule has 0 saturated heterocycles. The van der Waals surface area contributed by atoms with E-state index in [0.717, 1.165) is 6.54 Å². The molecule has 0 amide bonds. The Balaban J connectivity index is 2.55. The van der Waals surface area contributed by atoms with Gasteiger partial charge in [-0.1, -0.05) is 26.0 Å². The Hall–Kier alpha value is -2.63. The minimum Gasteiger partial charge on any atom is -0.394 e. The third kappa shape index (κ3) is 3.97. The van der Waals surface area contributed by atoms with E-state index in [1.807, 2.05) is 18.2 Å². The Labute approximate surface area is 135 Å². The summed E-state index contributed by atoms with van der Waals surface area (Å²) in [6, 6.07) is 7.31. The van der Waals surface area contributed by atoms with Gasteiger partial charge in [-0.15, -0.1) is 0 Å². The maximum Gasteiger partial charge on any atom is 0.263 e. The molecule has 6 heteroatoms. The molecule has 0 bridgehead atoms. The maximum atomic E-state index is 12.8. The fourth-order valence-corrected chi connectivity index (χ4v) is 2.25. The summed E-state index contributed by atoms with van der Waals surface area (Å²) in [5.74, 6) is 0.966. The van der Waals surface area contributed by atoms with E-state index in [1.165, 1.54) is 6.21 Å². The van der Waals surface area contributed by atoms with Crippen LogP contribution in [-0.2, 0) is 6.54 Å². The monoisotopic (exact) mass is 313 g/mol. The molecule has 0 saturated carbocycles. The van der Waals surface area contributed by atoms with Crippen LogP contribution in [0.3, 0.4) is 0 Å². The van der Waals surface area contributed by atoms with Crippen LogP contribution in [0.15, 0.2) is 40.8 Å². The van der Waals surface area contributed by atoms with Crippen molar-refractivity contribution in [1.82, 2.24) is 14.9 Å². The molecular formula is C17H23N5O. The van der Waals surface area contributed by atoms with Crippen LogP contribution in [0.25, 0.3) is 10.9 Å². The van der Waals surface area contributed by atoms with Crippen molar-refractivity contribution in [2.45, 2.75) is 20.4 Å². The van der Waals surface area contributed by atoms with Gasteiger partial charge in [-0.05, 0) is 18.1 Å². The first-order valence-electron chi connectivity index (χ1n) is 7.67. The SMILES string of the molecule is CN/C=C(\C=N)Cn1c(NCC(C)C)nc2ccccc2c1=O. The molecule has 0 spiro atoms. The van der Waals surface area contributed by atoms with E-state index >= 15 is 0 Å². The van der Waals surface area contributed by atoms with Crippen molar-refractivity contribution in [3.63, 3.8) is 0 Å². The van der Waals surface area contributed by atoms with Crippen LogP contribution in [0.5, 0.6) is 0 Å². The average Bonchev–Trinajstić information content (AvgIpc) is 2.55. The van der Waals surface area contributed by atoms with Crippen molar-refractivity contribution >= 4 is 23.1 Å². The molecule has 6 nitrogen and oxygen atoms in total. The third-order valence-corrected chi connectivity index (χ3v) is 3.39. The zero-order chi connectivity index (χ0) is 16.8. The van der Waals surface area contributed by atoms with Crippen LogP contribution in [0.4, 0.5) is 5.95 Å². The van der Waals surface area contributed by atoms with E-state index in [2.05, 4.69) is 29.5 Å². The summed E-state index contributed by atoms with van der Waals surface area (Å²) in [5.41, 5.74) is 1.26. The first-order chi connectivity index (χ1) is 11.1. The van der Waals surface area contributed by atoms with Gasteiger partial charge in [0.15, 0.2) is 0 Å². The van der Waals surface area contributed by atoms with E-state index in [-0.39, 0.29) is 5.56 Å². The first kappa shape index (κ1) is 16.7.